The van der Waals surface area contributed by atoms with E-state index in [4.69, 9.17) is 9.15 Å². The maximum absolute atomic E-state index is 11.1. The van der Waals surface area contributed by atoms with Gasteiger partial charge in [-0.15, -0.1) is 0 Å². The summed E-state index contributed by atoms with van der Waals surface area (Å²) in [7, 11) is 0. The summed E-state index contributed by atoms with van der Waals surface area (Å²) in [5.41, 5.74) is 1.34. The van der Waals surface area contributed by atoms with E-state index in [-0.39, 0.29) is 5.63 Å². The van der Waals surface area contributed by atoms with Crippen LogP contribution in [0.2, 0.25) is 0 Å². The molecule has 2 aromatic carbocycles. The third-order valence-corrected chi connectivity index (χ3v) is 2.84. The summed E-state index contributed by atoms with van der Waals surface area (Å²) in [6.07, 6.45) is 0. The normalized spacial score (nSPS) is 10.5. The second kappa shape index (κ2) is 4.98. The van der Waals surface area contributed by atoms with E-state index in [1.54, 1.807) is 18.2 Å². The first-order valence-electron chi connectivity index (χ1n) is 6.02. The number of benzene rings is 2. The largest absolute Gasteiger partial charge is 0.489 e. The molecule has 0 aliphatic rings. The topological polar surface area (TPSA) is 39.4 Å². The van der Waals surface area contributed by atoms with E-state index in [9.17, 15) is 4.79 Å². The fourth-order valence-electron chi connectivity index (χ4n) is 1.88. The number of hydrogen-bond acceptors (Lipinski definition) is 3. The highest BCUT2D eigenvalue weighted by atomic mass is 16.5. The van der Waals surface area contributed by atoms with Gasteiger partial charge in [-0.25, -0.2) is 4.79 Å². The van der Waals surface area contributed by atoms with Crippen LogP contribution in [0.25, 0.3) is 11.0 Å². The van der Waals surface area contributed by atoms with Crippen LogP contribution in [0.1, 0.15) is 5.56 Å². The van der Waals surface area contributed by atoms with Gasteiger partial charge in [0.2, 0.25) is 0 Å². The Morgan fingerprint density at radius 3 is 2.63 bits per heavy atom. The van der Waals surface area contributed by atoms with Crippen molar-refractivity contribution in [2.75, 3.05) is 0 Å². The van der Waals surface area contributed by atoms with Gasteiger partial charge in [0.25, 0.3) is 0 Å². The van der Waals surface area contributed by atoms with Gasteiger partial charge in [-0.2, -0.15) is 0 Å². The van der Waals surface area contributed by atoms with Crippen molar-refractivity contribution >= 4 is 11.0 Å². The predicted octanol–water partition coefficient (Wildman–Crippen LogP) is 3.37. The van der Waals surface area contributed by atoms with Crippen molar-refractivity contribution in [2.24, 2.45) is 0 Å². The van der Waals surface area contributed by atoms with Crippen molar-refractivity contribution in [1.29, 1.82) is 0 Å². The van der Waals surface area contributed by atoms with Crippen molar-refractivity contribution < 1.29 is 9.15 Å². The summed E-state index contributed by atoms with van der Waals surface area (Å²) in [6, 6.07) is 18.5. The standard InChI is InChI=1S/C16H12O3/c17-16-9-6-13-10-14(7-8-15(13)19-16)18-11-12-4-2-1-3-5-12/h1-10H,11H2. The molecule has 0 spiro atoms. The maximum Gasteiger partial charge on any atom is 0.336 e. The van der Waals surface area contributed by atoms with E-state index in [0.29, 0.717) is 12.2 Å². The van der Waals surface area contributed by atoms with Crippen molar-refractivity contribution in [3.05, 3.63) is 76.6 Å². The van der Waals surface area contributed by atoms with Crippen molar-refractivity contribution in [3.8, 4) is 5.75 Å². The molecule has 0 bridgehead atoms. The van der Waals surface area contributed by atoms with E-state index in [1.165, 1.54) is 6.07 Å². The molecule has 0 N–H and O–H groups in total. The van der Waals surface area contributed by atoms with Gasteiger partial charge in [0, 0.05) is 11.5 Å². The van der Waals surface area contributed by atoms with Gasteiger partial charge in [-0.1, -0.05) is 30.3 Å². The average Bonchev–Trinajstić information content (AvgIpc) is 2.46. The molecule has 19 heavy (non-hydrogen) atoms. The Morgan fingerprint density at radius 1 is 0.947 bits per heavy atom. The molecule has 0 saturated heterocycles. The smallest absolute Gasteiger partial charge is 0.336 e. The molecule has 1 heterocycles. The zero-order valence-electron chi connectivity index (χ0n) is 10.2. The van der Waals surface area contributed by atoms with E-state index in [0.717, 1.165) is 16.7 Å². The van der Waals surface area contributed by atoms with Gasteiger partial charge in [-0.3, -0.25) is 0 Å². The summed E-state index contributed by atoms with van der Waals surface area (Å²) in [4.78, 5) is 11.1. The zero-order valence-corrected chi connectivity index (χ0v) is 10.2. The summed E-state index contributed by atoms with van der Waals surface area (Å²) in [5, 5.41) is 0.852. The Kier molecular flexibility index (Phi) is 3.02. The van der Waals surface area contributed by atoms with Crippen LogP contribution in [0.5, 0.6) is 5.75 Å². The Balaban J connectivity index is 1.82. The minimum absolute atomic E-state index is 0.342. The molecule has 1 aromatic heterocycles. The molecule has 0 radical (unpaired) electrons. The molecule has 0 saturated carbocycles. The van der Waals surface area contributed by atoms with Crippen molar-refractivity contribution in [1.82, 2.24) is 0 Å². The Hall–Kier alpha value is -2.55. The first-order valence-corrected chi connectivity index (χ1v) is 6.02. The Labute approximate surface area is 110 Å². The predicted molar refractivity (Wildman–Crippen MR) is 73.3 cm³/mol. The van der Waals surface area contributed by atoms with Crippen LogP contribution < -0.4 is 10.4 Å². The van der Waals surface area contributed by atoms with Gasteiger partial charge in [-0.05, 0) is 29.8 Å². The highest BCUT2D eigenvalue weighted by Crippen LogP contribution is 2.20. The summed E-state index contributed by atoms with van der Waals surface area (Å²) < 4.78 is 10.8. The Bertz CT molecular complexity index is 745. The number of hydrogen-bond donors (Lipinski definition) is 0. The molecule has 0 amide bonds. The average molecular weight is 252 g/mol. The van der Waals surface area contributed by atoms with Gasteiger partial charge in [0.1, 0.15) is 17.9 Å². The van der Waals surface area contributed by atoms with E-state index in [2.05, 4.69) is 0 Å². The maximum atomic E-state index is 11.1. The summed E-state index contributed by atoms with van der Waals surface area (Å²) in [6.45, 7) is 0.517. The van der Waals surface area contributed by atoms with Gasteiger partial charge in [0.05, 0.1) is 0 Å². The van der Waals surface area contributed by atoms with Crippen LogP contribution in [-0.4, -0.2) is 0 Å². The molecule has 3 heteroatoms. The molecule has 0 atom stereocenters. The molecular weight excluding hydrogens is 240 g/mol. The van der Waals surface area contributed by atoms with Crippen LogP contribution in [0.4, 0.5) is 0 Å². The monoisotopic (exact) mass is 252 g/mol. The van der Waals surface area contributed by atoms with Crippen molar-refractivity contribution in [3.63, 3.8) is 0 Å². The van der Waals surface area contributed by atoms with Crippen LogP contribution in [0, 0.1) is 0 Å². The lowest BCUT2D eigenvalue weighted by atomic mass is 10.2. The minimum Gasteiger partial charge on any atom is -0.489 e. The third kappa shape index (κ3) is 2.65. The lowest BCUT2D eigenvalue weighted by Gasteiger charge is -2.06. The van der Waals surface area contributed by atoms with Gasteiger partial charge < -0.3 is 9.15 Å². The Morgan fingerprint density at radius 2 is 1.79 bits per heavy atom. The third-order valence-electron chi connectivity index (χ3n) is 2.84. The first-order chi connectivity index (χ1) is 9.31. The molecule has 0 aliphatic heterocycles. The molecular formula is C16H12O3. The van der Waals surface area contributed by atoms with Gasteiger partial charge >= 0.3 is 5.63 Å². The molecule has 0 aliphatic carbocycles. The van der Waals surface area contributed by atoms with Crippen molar-refractivity contribution in [2.45, 2.75) is 6.61 Å². The number of ether oxygens (including phenoxy) is 1. The zero-order chi connectivity index (χ0) is 13.1. The summed E-state index contributed by atoms with van der Waals surface area (Å²) in [5.74, 6) is 0.755. The van der Waals surface area contributed by atoms with E-state index in [1.807, 2.05) is 36.4 Å². The SMILES string of the molecule is O=c1ccc2cc(OCc3ccccc3)ccc2o1. The first kappa shape index (κ1) is 11.5. The second-order valence-electron chi connectivity index (χ2n) is 4.23. The fourth-order valence-corrected chi connectivity index (χ4v) is 1.88. The quantitative estimate of drug-likeness (QED) is 0.671. The molecule has 3 nitrogen and oxygen atoms in total. The van der Waals surface area contributed by atoms with Crippen LogP contribution in [-0.2, 0) is 6.61 Å². The lowest BCUT2D eigenvalue weighted by Crippen LogP contribution is -1.96. The molecule has 94 valence electrons. The molecule has 3 rings (SSSR count). The summed E-state index contributed by atoms with van der Waals surface area (Å²) >= 11 is 0. The second-order valence-corrected chi connectivity index (χ2v) is 4.23. The highest BCUT2D eigenvalue weighted by molar-refractivity contribution is 5.77. The van der Waals surface area contributed by atoms with E-state index < -0.39 is 0 Å². The number of rotatable bonds is 3. The van der Waals surface area contributed by atoms with Gasteiger partial charge in [0.15, 0.2) is 0 Å². The molecule has 0 unspecified atom stereocenters. The van der Waals surface area contributed by atoms with Crippen LogP contribution >= 0.6 is 0 Å². The van der Waals surface area contributed by atoms with Crippen LogP contribution in [0.3, 0.4) is 0 Å². The fraction of sp³-hybridized carbons (Fsp3) is 0.0625. The van der Waals surface area contributed by atoms with Crippen LogP contribution in [0.15, 0.2) is 69.9 Å². The highest BCUT2D eigenvalue weighted by Gasteiger charge is 2.00. The lowest BCUT2D eigenvalue weighted by molar-refractivity contribution is 0.306. The van der Waals surface area contributed by atoms with E-state index >= 15 is 0 Å². The minimum atomic E-state index is -0.342. The number of fused-ring (bicyclic) bond motifs is 1. The molecule has 0 fully saturated rings. The molecule has 3 aromatic rings.